The lowest BCUT2D eigenvalue weighted by atomic mass is 10.1. The van der Waals surface area contributed by atoms with Gasteiger partial charge in [0.1, 0.15) is 5.75 Å². The Labute approximate surface area is 164 Å². The molecule has 0 saturated carbocycles. The second kappa shape index (κ2) is 7.28. The van der Waals surface area contributed by atoms with E-state index in [-0.39, 0.29) is 21.9 Å². The summed E-state index contributed by atoms with van der Waals surface area (Å²) in [6.07, 6.45) is 2.80. The van der Waals surface area contributed by atoms with E-state index >= 15 is 0 Å². The maximum atomic E-state index is 12.5. The van der Waals surface area contributed by atoms with Crippen molar-refractivity contribution < 1.29 is 18.3 Å². The molecule has 2 aromatic heterocycles. The molecule has 0 saturated heterocycles. The van der Waals surface area contributed by atoms with Crippen molar-refractivity contribution in [1.82, 2.24) is 0 Å². The van der Waals surface area contributed by atoms with Crippen molar-refractivity contribution in [2.24, 2.45) is 5.10 Å². The fourth-order valence-corrected chi connectivity index (χ4v) is 3.28. The summed E-state index contributed by atoms with van der Waals surface area (Å²) in [5, 5.41) is 5.27. The highest BCUT2D eigenvalue weighted by molar-refractivity contribution is 6.39. The fraction of sp³-hybridized carbons (Fsp3) is 0.100. The Bertz CT molecular complexity index is 1240. The molecule has 0 atom stereocenters. The van der Waals surface area contributed by atoms with Crippen LogP contribution in [0.4, 0.5) is 5.69 Å². The normalized spacial score (nSPS) is 11.4. The minimum absolute atomic E-state index is 0.0841. The minimum atomic E-state index is -0.664. The first-order valence-electron chi connectivity index (χ1n) is 8.27. The first kappa shape index (κ1) is 17.9. The molecule has 7 nitrogen and oxygen atoms in total. The van der Waals surface area contributed by atoms with Crippen LogP contribution in [0, 0.1) is 0 Å². The Morgan fingerprint density at radius 1 is 1.07 bits per heavy atom. The Hall–Kier alpha value is -3.45. The summed E-state index contributed by atoms with van der Waals surface area (Å²) in [6, 6.07) is 11.0. The molecule has 0 radical (unpaired) electrons. The molecule has 0 aliphatic carbocycles. The van der Waals surface area contributed by atoms with Gasteiger partial charge in [-0.25, -0.2) is 4.79 Å². The molecule has 0 aliphatic heterocycles. The molecular weight excluding hydrogens is 384 g/mol. The average Bonchev–Trinajstić information content (AvgIpc) is 3.19. The van der Waals surface area contributed by atoms with Gasteiger partial charge in [-0.1, -0.05) is 29.8 Å². The van der Waals surface area contributed by atoms with Gasteiger partial charge in [0.2, 0.25) is 5.75 Å². The van der Waals surface area contributed by atoms with Crippen LogP contribution in [0.15, 0.2) is 61.4 Å². The number of hydrazone groups is 1. The number of nitrogens with zero attached hydrogens (tertiary/aromatic N) is 1. The zero-order valence-electron chi connectivity index (χ0n) is 15.0. The summed E-state index contributed by atoms with van der Waals surface area (Å²) < 4.78 is 21.9. The minimum Gasteiger partial charge on any atom is -0.495 e. The van der Waals surface area contributed by atoms with Gasteiger partial charge in [-0.05, 0) is 18.2 Å². The lowest BCUT2D eigenvalue weighted by Gasteiger charge is -2.12. The molecule has 2 aromatic carbocycles. The largest absolute Gasteiger partial charge is 0.495 e. The van der Waals surface area contributed by atoms with Crippen molar-refractivity contribution in [3.05, 3.63) is 63.7 Å². The summed E-state index contributed by atoms with van der Waals surface area (Å²) in [4.78, 5) is 12.5. The molecular formula is C20H15ClN2O5. The number of furan rings is 1. The van der Waals surface area contributed by atoms with Crippen molar-refractivity contribution in [3.8, 4) is 11.5 Å². The lowest BCUT2D eigenvalue weighted by Crippen LogP contribution is -2.09. The fourth-order valence-electron chi connectivity index (χ4n) is 2.98. The van der Waals surface area contributed by atoms with Gasteiger partial charge in [0.25, 0.3) is 0 Å². The van der Waals surface area contributed by atoms with Crippen LogP contribution in [0.5, 0.6) is 11.5 Å². The topological polar surface area (TPSA) is 86.2 Å². The third-order valence-electron chi connectivity index (χ3n) is 4.22. The predicted molar refractivity (Wildman–Crippen MR) is 108 cm³/mol. The van der Waals surface area contributed by atoms with Gasteiger partial charge in [0.15, 0.2) is 11.2 Å². The quantitative estimate of drug-likeness (QED) is 0.299. The molecule has 0 amide bonds. The maximum Gasteiger partial charge on any atom is 0.346 e. The highest BCUT2D eigenvalue weighted by atomic mass is 35.5. The zero-order valence-corrected chi connectivity index (χ0v) is 15.7. The third-order valence-corrected chi connectivity index (χ3v) is 4.61. The Balaban J connectivity index is 1.92. The van der Waals surface area contributed by atoms with Crippen LogP contribution >= 0.6 is 11.6 Å². The van der Waals surface area contributed by atoms with Crippen LogP contribution in [0.1, 0.15) is 5.56 Å². The van der Waals surface area contributed by atoms with E-state index < -0.39 is 5.63 Å². The third kappa shape index (κ3) is 2.86. The maximum absolute atomic E-state index is 12.5. The first-order chi connectivity index (χ1) is 13.7. The van der Waals surface area contributed by atoms with Crippen LogP contribution in [0.25, 0.3) is 21.9 Å². The van der Waals surface area contributed by atoms with Gasteiger partial charge in [0, 0.05) is 0 Å². The van der Waals surface area contributed by atoms with E-state index in [2.05, 4.69) is 10.5 Å². The molecule has 0 spiro atoms. The molecule has 4 rings (SSSR count). The second-order valence-electron chi connectivity index (χ2n) is 5.79. The van der Waals surface area contributed by atoms with E-state index in [9.17, 15) is 4.79 Å². The molecule has 28 heavy (non-hydrogen) atoms. The molecule has 0 bridgehead atoms. The van der Waals surface area contributed by atoms with E-state index in [0.717, 1.165) is 5.69 Å². The highest BCUT2D eigenvalue weighted by Crippen LogP contribution is 2.45. The number of ether oxygens (including phenoxy) is 2. The van der Waals surface area contributed by atoms with Crippen molar-refractivity contribution >= 4 is 45.4 Å². The molecule has 4 aromatic rings. The van der Waals surface area contributed by atoms with Gasteiger partial charge >= 0.3 is 5.63 Å². The van der Waals surface area contributed by atoms with Gasteiger partial charge < -0.3 is 18.3 Å². The molecule has 0 aliphatic rings. The number of anilines is 1. The van der Waals surface area contributed by atoms with E-state index in [0.29, 0.717) is 22.1 Å². The number of nitrogens with one attached hydrogen (secondary N) is 1. The number of hydrogen-bond acceptors (Lipinski definition) is 7. The smallest absolute Gasteiger partial charge is 0.346 e. The number of methoxy groups -OCH3 is 2. The molecule has 142 valence electrons. The van der Waals surface area contributed by atoms with E-state index in [4.69, 9.17) is 29.9 Å². The van der Waals surface area contributed by atoms with Crippen molar-refractivity contribution in [3.63, 3.8) is 0 Å². The van der Waals surface area contributed by atoms with Gasteiger partial charge in [-0.2, -0.15) is 5.10 Å². The van der Waals surface area contributed by atoms with Crippen molar-refractivity contribution in [1.29, 1.82) is 0 Å². The standard InChI is InChI=1S/C20H15ClN2O5/c1-25-16-12-8-9-27-17(12)19(26-2)18-14(16)15(21)13(20(24)28-18)10-22-23-11-6-4-3-5-7-11/h3-10,23H,1-2H3/b22-10+. The summed E-state index contributed by atoms with van der Waals surface area (Å²) in [7, 11) is 2.95. The van der Waals surface area contributed by atoms with Crippen molar-refractivity contribution in [2.45, 2.75) is 0 Å². The Morgan fingerprint density at radius 3 is 2.54 bits per heavy atom. The SMILES string of the molecule is COc1c2occc2c(OC)c2c(Cl)c(/C=N/Nc3ccccc3)c(=O)oc12. The van der Waals surface area contributed by atoms with E-state index in [1.807, 2.05) is 30.3 Å². The summed E-state index contributed by atoms with van der Waals surface area (Å²) >= 11 is 6.56. The number of para-hydroxylation sites is 1. The number of halogens is 1. The zero-order chi connectivity index (χ0) is 19.7. The number of hydrogen-bond donors (Lipinski definition) is 1. The predicted octanol–water partition coefficient (Wildman–Crippen LogP) is 4.66. The van der Waals surface area contributed by atoms with Gasteiger partial charge in [0.05, 0.1) is 53.7 Å². The van der Waals surface area contributed by atoms with Crippen LogP contribution in [-0.4, -0.2) is 20.4 Å². The lowest BCUT2D eigenvalue weighted by molar-refractivity contribution is 0.398. The molecule has 8 heteroatoms. The van der Waals surface area contributed by atoms with Crippen LogP contribution < -0.4 is 20.5 Å². The Morgan fingerprint density at radius 2 is 1.82 bits per heavy atom. The summed E-state index contributed by atoms with van der Waals surface area (Å²) in [6.45, 7) is 0. The summed E-state index contributed by atoms with van der Waals surface area (Å²) in [5.74, 6) is 0.680. The van der Waals surface area contributed by atoms with E-state index in [1.54, 1.807) is 6.07 Å². The number of fused-ring (bicyclic) bond motifs is 2. The molecule has 1 N–H and O–H groups in total. The summed E-state index contributed by atoms with van der Waals surface area (Å²) in [5.41, 5.74) is 3.56. The first-order valence-corrected chi connectivity index (χ1v) is 8.65. The van der Waals surface area contributed by atoms with Gasteiger partial charge in [-0.3, -0.25) is 5.43 Å². The number of rotatable bonds is 5. The Kier molecular flexibility index (Phi) is 4.67. The molecule has 0 unspecified atom stereocenters. The van der Waals surface area contributed by atoms with Crippen LogP contribution in [0.2, 0.25) is 5.02 Å². The van der Waals surface area contributed by atoms with Gasteiger partial charge in [-0.15, -0.1) is 0 Å². The van der Waals surface area contributed by atoms with Crippen molar-refractivity contribution in [2.75, 3.05) is 19.6 Å². The van der Waals surface area contributed by atoms with E-state index in [1.165, 1.54) is 26.7 Å². The number of benzene rings is 2. The van der Waals surface area contributed by atoms with Crippen LogP contribution in [-0.2, 0) is 0 Å². The highest BCUT2D eigenvalue weighted by Gasteiger charge is 2.24. The molecule has 2 heterocycles. The monoisotopic (exact) mass is 398 g/mol. The second-order valence-corrected chi connectivity index (χ2v) is 6.17. The van der Waals surface area contributed by atoms with Crippen LogP contribution in [0.3, 0.4) is 0 Å². The average molecular weight is 399 g/mol. The molecule has 0 fully saturated rings.